The van der Waals surface area contributed by atoms with E-state index >= 15 is 0 Å². The van der Waals surface area contributed by atoms with Crippen molar-refractivity contribution in [2.45, 2.75) is 20.3 Å². The molecule has 1 unspecified atom stereocenters. The number of rotatable bonds is 3. The summed E-state index contributed by atoms with van der Waals surface area (Å²) in [5.41, 5.74) is 0. The fourth-order valence-electron chi connectivity index (χ4n) is 0.412. The van der Waals surface area contributed by atoms with Crippen LogP contribution >= 0.6 is 45.3 Å². The second-order valence-corrected chi connectivity index (χ2v) is 3.61. The van der Waals surface area contributed by atoms with Crippen LogP contribution in [0, 0.1) is 13.3 Å². The van der Waals surface area contributed by atoms with Crippen molar-refractivity contribution in [3.63, 3.8) is 0 Å². The number of halogens is 2. The van der Waals surface area contributed by atoms with Crippen molar-refractivity contribution in [2.75, 3.05) is 6.16 Å². The second kappa shape index (κ2) is 19.3. The van der Waals surface area contributed by atoms with Gasteiger partial charge in [0.25, 0.3) is 0 Å². The first-order chi connectivity index (χ1) is 4.63. The van der Waals surface area contributed by atoms with Gasteiger partial charge in [0.2, 0.25) is 0 Å². The quantitative estimate of drug-likeness (QED) is 0.370. The van der Waals surface area contributed by atoms with Crippen LogP contribution in [0.15, 0.2) is 0 Å². The molecule has 0 aromatic rings. The second-order valence-electron chi connectivity index (χ2n) is 2.33. The van der Waals surface area contributed by atoms with Crippen molar-refractivity contribution in [3.05, 3.63) is 7.43 Å². The minimum absolute atomic E-state index is 0. The minimum atomic E-state index is -2.18. The molecular formula is C6H16I2O2PY-. The molecule has 0 fully saturated rings. The van der Waals surface area contributed by atoms with E-state index in [0.29, 0.717) is 12.1 Å². The summed E-state index contributed by atoms with van der Waals surface area (Å²) in [6.45, 7) is 4.09. The molecule has 2 nitrogen and oxygen atoms in total. The number of hydrogen-bond acceptors (Lipinski definition) is 1. The summed E-state index contributed by atoms with van der Waals surface area (Å²) < 4.78 is 10.1. The Morgan fingerprint density at radius 2 is 1.75 bits per heavy atom. The standard InChI is InChI=1S/C5H13O2P.CH3.I2.Y/c1-5(2)3-4-8(6)7;;1-2;/h5,8H,3-4H2,1-2H3,(H,6,7);1H3;;/q;-1;;. The molecule has 0 aliphatic carbocycles. The molecule has 0 rings (SSSR count). The zero-order chi connectivity index (χ0) is 8.57. The Morgan fingerprint density at radius 3 is 1.83 bits per heavy atom. The van der Waals surface area contributed by atoms with Crippen LogP contribution in [0.3, 0.4) is 0 Å². The summed E-state index contributed by atoms with van der Waals surface area (Å²) in [4.78, 5) is 8.35. The normalized spacial score (nSPS) is 10.2. The van der Waals surface area contributed by atoms with Crippen LogP contribution in [0.5, 0.6) is 0 Å². The zero-order valence-corrected chi connectivity index (χ0v) is 15.8. The van der Waals surface area contributed by atoms with Gasteiger partial charge in [-0.25, -0.2) is 0 Å². The van der Waals surface area contributed by atoms with Gasteiger partial charge in [-0.1, -0.05) is 13.8 Å². The fourth-order valence-corrected chi connectivity index (χ4v) is 1.24. The van der Waals surface area contributed by atoms with E-state index in [2.05, 4.69) is 37.2 Å². The third-order valence-electron chi connectivity index (χ3n) is 0.936. The van der Waals surface area contributed by atoms with Crippen LogP contribution in [0.1, 0.15) is 20.3 Å². The van der Waals surface area contributed by atoms with E-state index in [4.69, 9.17) is 4.89 Å². The summed E-state index contributed by atoms with van der Waals surface area (Å²) in [6, 6.07) is 0. The van der Waals surface area contributed by atoms with Crippen LogP contribution in [0.4, 0.5) is 0 Å². The van der Waals surface area contributed by atoms with E-state index in [9.17, 15) is 4.57 Å². The van der Waals surface area contributed by atoms with Gasteiger partial charge in [0.15, 0.2) is 8.03 Å². The van der Waals surface area contributed by atoms with Gasteiger partial charge in [-0.3, -0.25) is 4.57 Å². The first-order valence-electron chi connectivity index (χ1n) is 2.99. The molecule has 1 atom stereocenters. The Balaban J connectivity index is -0.0000000740. The van der Waals surface area contributed by atoms with Gasteiger partial charge >= 0.3 is 0 Å². The first-order valence-corrected chi connectivity index (χ1v) is 10.8. The third-order valence-corrected chi connectivity index (χ3v) is 1.65. The maximum absolute atomic E-state index is 10.1. The van der Waals surface area contributed by atoms with E-state index in [1.54, 1.807) is 0 Å². The Kier molecular flexibility index (Phi) is 38.9. The van der Waals surface area contributed by atoms with E-state index in [1.807, 2.05) is 13.8 Å². The first kappa shape index (κ1) is 24.1. The summed E-state index contributed by atoms with van der Waals surface area (Å²) in [5.74, 6) is 0.552. The average molecular weight is 494 g/mol. The molecule has 0 amide bonds. The van der Waals surface area contributed by atoms with Crippen molar-refractivity contribution in [1.82, 2.24) is 0 Å². The van der Waals surface area contributed by atoms with Gasteiger partial charge < -0.3 is 12.3 Å². The minimum Gasteiger partial charge on any atom is -0.358 e. The molecule has 0 spiro atoms. The monoisotopic (exact) mass is 494 g/mol. The Hall–Kier alpha value is 2.75. The molecule has 0 aliphatic heterocycles. The maximum atomic E-state index is 10.1. The molecule has 0 aromatic carbocycles. The molecule has 1 N–H and O–H groups in total. The molecule has 6 heteroatoms. The molecular weight excluding hydrogens is 478 g/mol. The molecule has 0 saturated carbocycles. The van der Waals surface area contributed by atoms with Crippen LogP contribution in [-0.4, -0.2) is 11.1 Å². The van der Waals surface area contributed by atoms with Gasteiger partial charge in [0, 0.05) is 76.1 Å². The van der Waals surface area contributed by atoms with Crippen molar-refractivity contribution in [2.24, 2.45) is 5.92 Å². The molecule has 0 heterocycles. The van der Waals surface area contributed by atoms with Crippen LogP contribution in [0.25, 0.3) is 0 Å². The molecule has 12 heavy (non-hydrogen) atoms. The van der Waals surface area contributed by atoms with E-state index < -0.39 is 8.03 Å². The van der Waals surface area contributed by atoms with Gasteiger partial charge in [-0.15, -0.1) is 0 Å². The number of hydrogen-bond donors (Lipinski definition) is 1. The molecule has 1 radical (unpaired) electrons. The summed E-state index contributed by atoms with van der Waals surface area (Å²) in [5, 5.41) is 0. The van der Waals surface area contributed by atoms with Gasteiger partial charge in [0.1, 0.15) is 0 Å². The van der Waals surface area contributed by atoms with Crippen LogP contribution in [-0.2, 0) is 37.3 Å². The molecule has 0 aliphatic rings. The van der Waals surface area contributed by atoms with E-state index in [-0.39, 0.29) is 40.1 Å². The van der Waals surface area contributed by atoms with Crippen molar-refractivity contribution in [3.8, 4) is 0 Å². The average Bonchev–Trinajstić information content (AvgIpc) is 1.89. The van der Waals surface area contributed by atoms with Gasteiger partial charge in [0.05, 0.1) is 0 Å². The zero-order valence-electron chi connectivity index (χ0n) is 7.68. The van der Waals surface area contributed by atoms with Crippen molar-refractivity contribution < 1.29 is 42.2 Å². The van der Waals surface area contributed by atoms with E-state index in [0.717, 1.165) is 6.42 Å². The summed E-state index contributed by atoms with van der Waals surface area (Å²) in [7, 11) is -2.18. The summed E-state index contributed by atoms with van der Waals surface area (Å²) >= 11 is 4.24. The van der Waals surface area contributed by atoms with Gasteiger partial charge in [-0.2, -0.15) is 0 Å². The Bertz CT molecular complexity index is 93.6. The van der Waals surface area contributed by atoms with E-state index in [1.165, 1.54) is 0 Å². The topological polar surface area (TPSA) is 37.3 Å². The van der Waals surface area contributed by atoms with Crippen molar-refractivity contribution >= 4 is 45.3 Å². The molecule has 0 aromatic heterocycles. The Labute approximate surface area is 125 Å². The predicted molar refractivity (Wildman–Crippen MR) is 70.0 cm³/mol. The fraction of sp³-hybridized carbons (Fsp3) is 0.833. The molecule has 0 bridgehead atoms. The third kappa shape index (κ3) is 29.3. The summed E-state index contributed by atoms with van der Waals surface area (Å²) in [6.07, 6.45) is 1.36. The predicted octanol–water partition coefficient (Wildman–Crippen LogP) is 3.72. The smallest absolute Gasteiger partial charge is 0.189 e. The van der Waals surface area contributed by atoms with Crippen molar-refractivity contribution in [1.29, 1.82) is 0 Å². The largest absolute Gasteiger partial charge is 0.358 e. The maximum Gasteiger partial charge on any atom is 0.189 e. The van der Waals surface area contributed by atoms with Crippen LogP contribution in [0.2, 0.25) is 0 Å². The van der Waals surface area contributed by atoms with Crippen LogP contribution < -0.4 is 0 Å². The van der Waals surface area contributed by atoms with Gasteiger partial charge in [-0.05, 0) is 12.3 Å². The molecule has 0 saturated heterocycles. The SMILES string of the molecule is CC(C)CC[PH](=O)O.II.[CH3-].[Y]. The molecule has 75 valence electrons. The Morgan fingerprint density at radius 1 is 1.42 bits per heavy atom.